The largest absolute Gasteiger partial charge is 0.377 e. The van der Waals surface area contributed by atoms with E-state index >= 15 is 0 Å². The van der Waals surface area contributed by atoms with Crippen LogP contribution in [0.2, 0.25) is 0 Å². The smallest absolute Gasteiger partial charge is 0.0716 e. The molecular formula is C18H28O. The minimum atomic E-state index is 0.737. The highest BCUT2D eigenvalue weighted by atomic mass is 16.5. The van der Waals surface area contributed by atoms with Gasteiger partial charge < -0.3 is 4.74 Å². The molecule has 0 radical (unpaired) electrons. The first-order valence-electron chi connectivity index (χ1n) is 7.34. The molecule has 0 bridgehead atoms. The normalized spacial score (nSPS) is 12.2. The summed E-state index contributed by atoms with van der Waals surface area (Å²) in [4.78, 5) is 0. The fourth-order valence-corrected chi connectivity index (χ4v) is 1.96. The maximum Gasteiger partial charge on any atom is 0.0716 e. The molecule has 19 heavy (non-hydrogen) atoms. The van der Waals surface area contributed by atoms with Crippen LogP contribution in [0.15, 0.2) is 35.9 Å². The highest BCUT2D eigenvalue weighted by Crippen LogP contribution is 2.12. The quantitative estimate of drug-likeness (QED) is 0.456. The Morgan fingerprint density at radius 3 is 2.47 bits per heavy atom. The fourth-order valence-electron chi connectivity index (χ4n) is 1.96. The first kappa shape index (κ1) is 16.0. The van der Waals surface area contributed by atoms with Crippen molar-refractivity contribution in [3.05, 3.63) is 47.0 Å². The Morgan fingerprint density at radius 1 is 1.16 bits per heavy atom. The summed E-state index contributed by atoms with van der Waals surface area (Å²) < 4.78 is 5.74. The maximum absolute atomic E-state index is 5.74. The van der Waals surface area contributed by atoms with Gasteiger partial charge in [0, 0.05) is 6.61 Å². The Hall–Kier alpha value is -1.08. The van der Waals surface area contributed by atoms with Crippen molar-refractivity contribution in [2.45, 2.75) is 53.6 Å². The van der Waals surface area contributed by atoms with Crippen molar-refractivity contribution < 1.29 is 4.74 Å². The molecule has 1 rings (SSSR count). The second-order valence-corrected chi connectivity index (χ2v) is 5.79. The first-order chi connectivity index (χ1) is 9.08. The number of hydrogen-bond acceptors (Lipinski definition) is 1. The van der Waals surface area contributed by atoms with Gasteiger partial charge in [-0.2, -0.15) is 0 Å². The van der Waals surface area contributed by atoms with Crippen LogP contribution in [0.25, 0.3) is 0 Å². The molecule has 0 aliphatic carbocycles. The molecule has 0 amide bonds. The van der Waals surface area contributed by atoms with E-state index in [9.17, 15) is 0 Å². The highest BCUT2D eigenvalue weighted by molar-refractivity contribution is 5.20. The van der Waals surface area contributed by atoms with Gasteiger partial charge >= 0.3 is 0 Å². The number of allylic oxidation sites excluding steroid dienone is 2. The van der Waals surface area contributed by atoms with Gasteiger partial charge in [-0.15, -0.1) is 0 Å². The van der Waals surface area contributed by atoms with E-state index in [4.69, 9.17) is 4.74 Å². The van der Waals surface area contributed by atoms with Crippen LogP contribution in [0.1, 0.15) is 51.2 Å². The third-order valence-corrected chi connectivity index (χ3v) is 3.36. The summed E-state index contributed by atoms with van der Waals surface area (Å²) in [6, 6.07) is 8.57. The second-order valence-electron chi connectivity index (χ2n) is 5.79. The van der Waals surface area contributed by atoms with Crippen molar-refractivity contribution in [1.82, 2.24) is 0 Å². The lowest BCUT2D eigenvalue weighted by Gasteiger charge is -2.10. The average Bonchev–Trinajstić information content (AvgIpc) is 2.36. The van der Waals surface area contributed by atoms with Gasteiger partial charge in [0.2, 0.25) is 0 Å². The lowest BCUT2D eigenvalue weighted by molar-refractivity contribution is 0.108. The van der Waals surface area contributed by atoms with Gasteiger partial charge in [-0.3, -0.25) is 0 Å². The Balaban J connectivity index is 2.10. The Morgan fingerprint density at radius 2 is 1.84 bits per heavy atom. The van der Waals surface area contributed by atoms with E-state index in [-0.39, 0.29) is 0 Å². The van der Waals surface area contributed by atoms with Crippen LogP contribution in [-0.4, -0.2) is 6.61 Å². The molecule has 106 valence electrons. The third kappa shape index (κ3) is 7.84. The molecule has 0 fully saturated rings. The molecule has 1 nitrogen and oxygen atoms in total. The van der Waals surface area contributed by atoms with Crippen LogP contribution >= 0.6 is 0 Å². The first-order valence-corrected chi connectivity index (χ1v) is 7.34. The van der Waals surface area contributed by atoms with E-state index in [0.29, 0.717) is 0 Å². The number of rotatable bonds is 8. The van der Waals surface area contributed by atoms with Gasteiger partial charge in [0.15, 0.2) is 0 Å². The molecule has 1 aromatic carbocycles. The van der Waals surface area contributed by atoms with Gasteiger partial charge in [-0.1, -0.05) is 48.4 Å². The van der Waals surface area contributed by atoms with Crippen molar-refractivity contribution in [2.24, 2.45) is 5.92 Å². The molecule has 0 heterocycles. The van der Waals surface area contributed by atoms with Gasteiger partial charge in [0.1, 0.15) is 0 Å². The topological polar surface area (TPSA) is 9.23 Å². The van der Waals surface area contributed by atoms with Gasteiger partial charge in [0.25, 0.3) is 0 Å². The van der Waals surface area contributed by atoms with Crippen molar-refractivity contribution in [1.29, 1.82) is 0 Å². The predicted molar refractivity (Wildman–Crippen MR) is 83.3 cm³/mol. The predicted octanol–water partition coefficient (Wildman–Crippen LogP) is 5.28. The Bertz CT molecular complexity index is 371. The van der Waals surface area contributed by atoms with E-state index < -0.39 is 0 Å². The monoisotopic (exact) mass is 260 g/mol. The van der Waals surface area contributed by atoms with E-state index in [1.807, 2.05) is 0 Å². The Kier molecular flexibility index (Phi) is 7.50. The molecule has 0 spiro atoms. The highest BCUT2D eigenvalue weighted by Gasteiger charge is 2.01. The summed E-state index contributed by atoms with van der Waals surface area (Å²) in [5.74, 6) is 0.744. The van der Waals surface area contributed by atoms with E-state index in [1.165, 1.54) is 29.5 Å². The average molecular weight is 260 g/mol. The van der Waals surface area contributed by atoms with E-state index in [0.717, 1.165) is 25.6 Å². The molecular weight excluding hydrogens is 232 g/mol. The van der Waals surface area contributed by atoms with Gasteiger partial charge in [0.05, 0.1) is 6.61 Å². The number of aryl methyl sites for hydroxylation is 1. The minimum Gasteiger partial charge on any atom is -0.377 e. The summed E-state index contributed by atoms with van der Waals surface area (Å²) >= 11 is 0. The van der Waals surface area contributed by atoms with Crippen molar-refractivity contribution >= 4 is 0 Å². The molecule has 1 unspecified atom stereocenters. The zero-order chi connectivity index (χ0) is 14.1. The lowest BCUT2D eigenvalue weighted by atomic mass is 10.0. The van der Waals surface area contributed by atoms with Crippen LogP contribution in [0.3, 0.4) is 0 Å². The summed E-state index contributed by atoms with van der Waals surface area (Å²) in [6.07, 6.45) is 5.94. The van der Waals surface area contributed by atoms with Crippen molar-refractivity contribution in [3.8, 4) is 0 Å². The van der Waals surface area contributed by atoms with Crippen LogP contribution in [0.5, 0.6) is 0 Å². The van der Waals surface area contributed by atoms with Gasteiger partial charge in [-0.25, -0.2) is 0 Å². The maximum atomic E-state index is 5.74. The van der Waals surface area contributed by atoms with Gasteiger partial charge in [-0.05, 0) is 51.5 Å². The molecule has 1 heteroatoms. The minimum absolute atomic E-state index is 0.737. The van der Waals surface area contributed by atoms with Crippen LogP contribution in [0, 0.1) is 12.8 Å². The lowest BCUT2D eigenvalue weighted by Crippen LogP contribution is -2.02. The Labute approximate surface area is 118 Å². The zero-order valence-corrected chi connectivity index (χ0v) is 12.9. The van der Waals surface area contributed by atoms with Crippen LogP contribution in [-0.2, 0) is 11.3 Å². The van der Waals surface area contributed by atoms with Crippen LogP contribution in [0.4, 0.5) is 0 Å². The molecule has 0 N–H and O–H groups in total. The summed E-state index contributed by atoms with van der Waals surface area (Å²) in [5, 5.41) is 0. The summed E-state index contributed by atoms with van der Waals surface area (Å²) in [7, 11) is 0. The summed E-state index contributed by atoms with van der Waals surface area (Å²) in [5.41, 5.74) is 3.99. The van der Waals surface area contributed by atoms with Crippen molar-refractivity contribution in [2.75, 3.05) is 6.61 Å². The molecule has 0 aliphatic rings. The second kappa shape index (κ2) is 8.92. The number of hydrogen-bond donors (Lipinski definition) is 0. The molecule has 0 saturated heterocycles. The van der Waals surface area contributed by atoms with Crippen LogP contribution < -0.4 is 0 Å². The number of ether oxygens (including phenoxy) is 1. The summed E-state index contributed by atoms with van der Waals surface area (Å²) in [6.45, 7) is 10.3. The van der Waals surface area contributed by atoms with E-state index in [2.05, 4.69) is 58.0 Å². The molecule has 0 aliphatic heterocycles. The molecule has 0 aromatic heterocycles. The molecule has 1 aromatic rings. The van der Waals surface area contributed by atoms with Crippen molar-refractivity contribution in [3.63, 3.8) is 0 Å². The number of benzene rings is 1. The SMILES string of the molecule is CC(C)=CCCC(C)CCOCc1ccc(C)cc1. The standard InChI is InChI=1S/C18H28O/c1-15(2)6-5-7-16(3)12-13-19-14-18-10-8-17(4)9-11-18/h6,8-11,16H,5,7,12-14H2,1-4H3. The molecule has 1 atom stereocenters. The van der Waals surface area contributed by atoms with E-state index in [1.54, 1.807) is 0 Å². The zero-order valence-electron chi connectivity index (χ0n) is 12.9. The fraction of sp³-hybridized carbons (Fsp3) is 0.556. The molecule has 0 saturated carbocycles. The third-order valence-electron chi connectivity index (χ3n) is 3.36.